The average molecular weight is 835 g/mol. The van der Waals surface area contributed by atoms with Gasteiger partial charge in [0, 0.05) is 11.1 Å². The van der Waals surface area contributed by atoms with Crippen molar-refractivity contribution < 1.29 is 57.7 Å². The first-order valence-corrected chi connectivity index (χ1v) is 19.3. The first-order chi connectivity index (χ1) is 27.7. The summed E-state index contributed by atoms with van der Waals surface area (Å²) in [5.41, 5.74) is -0.159. The van der Waals surface area contributed by atoms with Crippen LogP contribution < -0.4 is 16.0 Å². The van der Waals surface area contributed by atoms with Gasteiger partial charge < -0.3 is 40.1 Å². The van der Waals surface area contributed by atoms with Crippen LogP contribution in [0.5, 0.6) is 0 Å². The zero-order valence-corrected chi connectivity index (χ0v) is 32.9. The van der Waals surface area contributed by atoms with Crippen LogP contribution in [0.25, 0.3) is 0 Å². The van der Waals surface area contributed by atoms with Crippen LogP contribution in [-0.4, -0.2) is 105 Å². The average Bonchev–Trinajstić information content (AvgIpc) is 3.66. The van der Waals surface area contributed by atoms with Crippen LogP contribution in [0.1, 0.15) is 43.7 Å². The fraction of sp³-hybridized carbons (Fsp3) is 0.289. The number of amides is 4. The van der Waals surface area contributed by atoms with Crippen LogP contribution in [0, 0.1) is 0 Å². The van der Waals surface area contributed by atoms with Crippen molar-refractivity contribution in [3.8, 4) is 0 Å². The molecule has 3 heterocycles. The maximum absolute atomic E-state index is 13.6. The number of hydrogen-bond donors (Lipinski definition) is 4. The molecule has 18 nitrogen and oxygen atoms in total. The number of nitrogens with zero attached hydrogens (tertiary/aromatic N) is 3. The second-order valence-corrected chi connectivity index (χ2v) is 15.2. The van der Waals surface area contributed by atoms with Crippen molar-refractivity contribution in [2.45, 2.75) is 49.9 Å². The van der Waals surface area contributed by atoms with Crippen LogP contribution in [0.2, 0.25) is 0 Å². The van der Waals surface area contributed by atoms with Crippen molar-refractivity contribution in [2.24, 2.45) is 5.16 Å². The van der Waals surface area contributed by atoms with E-state index in [0.29, 0.717) is 23.1 Å². The van der Waals surface area contributed by atoms with Gasteiger partial charge in [-0.25, -0.2) is 24.2 Å². The van der Waals surface area contributed by atoms with Gasteiger partial charge in [-0.15, -0.1) is 23.1 Å². The summed E-state index contributed by atoms with van der Waals surface area (Å²) in [5, 5.41) is 21.4. The van der Waals surface area contributed by atoms with Gasteiger partial charge in [0.05, 0.1) is 0 Å². The van der Waals surface area contributed by atoms with Gasteiger partial charge in [-0.2, -0.15) is 0 Å². The topological polar surface area (TPSA) is 241 Å². The molecule has 1 saturated heterocycles. The van der Waals surface area contributed by atoms with E-state index in [2.05, 4.69) is 32.7 Å². The molecule has 0 bridgehead atoms. The lowest BCUT2D eigenvalue weighted by atomic mass is 10.0. The van der Waals surface area contributed by atoms with Crippen molar-refractivity contribution in [3.63, 3.8) is 0 Å². The van der Waals surface area contributed by atoms with E-state index in [0.717, 1.165) is 16.2 Å². The quantitative estimate of drug-likeness (QED) is 0.0382. The number of oxime groups is 1. The summed E-state index contributed by atoms with van der Waals surface area (Å²) in [5.74, 6) is -4.81. The molecule has 1 fully saturated rings. The van der Waals surface area contributed by atoms with Gasteiger partial charge in [0.25, 0.3) is 11.8 Å². The van der Waals surface area contributed by atoms with Crippen molar-refractivity contribution in [2.75, 3.05) is 24.3 Å². The van der Waals surface area contributed by atoms with Crippen LogP contribution in [0.15, 0.2) is 95.1 Å². The van der Waals surface area contributed by atoms with Gasteiger partial charge >= 0.3 is 24.0 Å². The van der Waals surface area contributed by atoms with E-state index in [1.54, 1.807) is 81.4 Å². The molecule has 2 aliphatic heterocycles. The molecular formula is C38H38N6O12S2. The predicted molar refractivity (Wildman–Crippen MR) is 209 cm³/mol. The summed E-state index contributed by atoms with van der Waals surface area (Å²) < 4.78 is 16.4. The minimum atomic E-state index is -1.55. The second-order valence-electron chi connectivity index (χ2n) is 13.3. The lowest BCUT2D eigenvalue weighted by Crippen LogP contribution is -2.71. The molecule has 58 heavy (non-hydrogen) atoms. The van der Waals surface area contributed by atoms with Gasteiger partial charge in [0.1, 0.15) is 35.0 Å². The van der Waals surface area contributed by atoms with E-state index in [1.165, 1.54) is 23.2 Å². The Morgan fingerprint density at radius 1 is 1.07 bits per heavy atom. The highest BCUT2D eigenvalue weighted by molar-refractivity contribution is 8.00. The van der Waals surface area contributed by atoms with Crippen molar-refractivity contribution in [1.82, 2.24) is 20.5 Å². The second kappa shape index (κ2) is 19.1. The molecule has 304 valence electrons. The summed E-state index contributed by atoms with van der Waals surface area (Å²) in [4.78, 5) is 99.2. The Balaban J connectivity index is 1.28. The molecule has 0 saturated carbocycles. The summed E-state index contributed by atoms with van der Waals surface area (Å²) in [6.07, 6.45) is -0.161. The summed E-state index contributed by atoms with van der Waals surface area (Å²) >= 11 is 2.15. The number of hydrogen-bond acceptors (Lipinski definition) is 15. The van der Waals surface area contributed by atoms with E-state index >= 15 is 0 Å². The third-order valence-corrected chi connectivity index (χ3v) is 10.1. The number of carboxylic acids is 1. The molecule has 0 spiro atoms. The lowest BCUT2D eigenvalue weighted by molar-refractivity contribution is -0.157. The van der Waals surface area contributed by atoms with Crippen LogP contribution >= 0.6 is 23.1 Å². The number of carbonyl (C=O) groups is 7. The number of aromatic nitrogens is 1. The SMILES string of the molecule is C=CC1=C(C(=O)O)N2C(=O)C(NC(=O)C(=NOCC(=O)OCC(NC(=O)OC(C)(C)C)C(=O)OC(c3ccccc3)c3ccccc3)c3csc(NC=O)n3)[C@@H]2SC1. The van der Waals surface area contributed by atoms with Gasteiger partial charge in [-0.3, -0.25) is 19.3 Å². The molecule has 20 heteroatoms. The Bertz CT molecular complexity index is 2080. The molecule has 2 unspecified atom stereocenters. The fourth-order valence-corrected chi connectivity index (χ4v) is 7.48. The first kappa shape index (κ1) is 42.6. The molecule has 5 rings (SSSR count). The Morgan fingerprint density at radius 2 is 1.72 bits per heavy atom. The number of nitrogens with one attached hydrogen (secondary N) is 3. The number of benzene rings is 2. The largest absolute Gasteiger partial charge is 0.477 e. The van der Waals surface area contributed by atoms with E-state index in [4.69, 9.17) is 19.0 Å². The maximum Gasteiger partial charge on any atom is 0.408 e. The smallest absolute Gasteiger partial charge is 0.408 e. The number of rotatable bonds is 17. The zero-order valence-electron chi connectivity index (χ0n) is 31.2. The van der Waals surface area contributed by atoms with E-state index in [9.17, 15) is 38.7 Å². The summed E-state index contributed by atoms with van der Waals surface area (Å²) in [6.45, 7) is 6.85. The standard InChI is InChI=1S/C38H38N6O12S2/c1-5-21-18-57-33-28(32(48)44(33)29(21)34(49)50)42-31(47)27(25-19-58-36(40-25)39-20-45)43-54-17-26(46)53-16-24(41-37(52)56-38(2,3)4)35(51)55-30(22-12-8-6-9-13-22)23-14-10-7-11-15-23/h5-15,19-20,24,28,30,33H,1,16-18H2,2-4H3,(H,41,52)(H,42,47)(H,49,50)(H,39,40,45)/t24?,28?,33-/m0/s1. The van der Waals surface area contributed by atoms with Crippen molar-refractivity contribution in [1.29, 1.82) is 0 Å². The number of esters is 2. The van der Waals surface area contributed by atoms with Gasteiger partial charge in [-0.05, 0) is 37.5 Å². The molecule has 3 aromatic rings. The highest BCUT2D eigenvalue weighted by Crippen LogP contribution is 2.40. The zero-order chi connectivity index (χ0) is 42.0. The third-order valence-electron chi connectivity index (χ3n) is 8.04. The molecular weight excluding hydrogens is 797 g/mol. The van der Waals surface area contributed by atoms with Crippen LogP contribution in [-0.2, 0) is 47.8 Å². The highest BCUT2D eigenvalue weighted by Gasteiger charge is 2.54. The molecule has 0 radical (unpaired) electrons. The summed E-state index contributed by atoms with van der Waals surface area (Å²) in [6, 6.07) is 15.0. The lowest BCUT2D eigenvalue weighted by Gasteiger charge is -2.49. The maximum atomic E-state index is 13.6. The van der Waals surface area contributed by atoms with Gasteiger partial charge in [0.15, 0.2) is 23.0 Å². The van der Waals surface area contributed by atoms with Gasteiger partial charge in [0.2, 0.25) is 13.0 Å². The van der Waals surface area contributed by atoms with Crippen LogP contribution in [0.3, 0.4) is 0 Å². The number of thioether (sulfide) groups is 1. The number of ether oxygens (including phenoxy) is 3. The normalized spacial score (nSPS) is 16.9. The number of carboxylic acid groups (broad SMARTS) is 1. The van der Waals surface area contributed by atoms with Crippen molar-refractivity contribution in [3.05, 3.63) is 107 Å². The molecule has 1 aromatic heterocycles. The monoisotopic (exact) mass is 834 g/mol. The third kappa shape index (κ3) is 10.6. The predicted octanol–water partition coefficient (Wildman–Crippen LogP) is 3.13. The number of anilines is 1. The number of aliphatic carboxylic acids is 1. The van der Waals surface area contributed by atoms with Crippen molar-refractivity contribution >= 4 is 76.2 Å². The Labute approximate surface area is 339 Å². The van der Waals surface area contributed by atoms with Gasteiger partial charge in [-0.1, -0.05) is 78.5 Å². The van der Waals surface area contributed by atoms with E-state index in [1.807, 2.05) is 0 Å². The summed E-state index contributed by atoms with van der Waals surface area (Å²) in [7, 11) is 0. The Hall–Kier alpha value is -6.54. The first-order valence-electron chi connectivity index (χ1n) is 17.4. The van der Waals surface area contributed by atoms with Crippen LogP contribution in [0.4, 0.5) is 9.93 Å². The van der Waals surface area contributed by atoms with E-state index in [-0.39, 0.29) is 22.3 Å². The minimum absolute atomic E-state index is 0.0871. The molecule has 2 aliphatic rings. The molecule has 0 aliphatic carbocycles. The number of fused-ring (bicyclic) bond motifs is 1. The van der Waals surface area contributed by atoms with E-state index < -0.39 is 83.9 Å². The Morgan fingerprint density at radius 3 is 2.31 bits per heavy atom. The minimum Gasteiger partial charge on any atom is -0.477 e. The highest BCUT2D eigenvalue weighted by atomic mass is 32.2. The number of alkyl carbamates (subject to hydrolysis) is 1. The molecule has 2 aromatic carbocycles. The number of carbonyl (C=O) groups excluding carboxylic acids is 6. The number of allylic oxidation sites excluding steroid dienone is 1. The number of β-lactam (4-membered cyclic amide) rings is 1. The molecule has 4 N–H and O–H groups in total. The molecule has 4 amide bonds. The fourth-order valence-electron chi connectivity index (χ4n) is 5.48. The Kier molecular flexibility index (Phi) is 14.0. The number of thiazole rings is 1. The molecule has 3 atom stereocenters.